The van der Waals surface area contributed by atoms with Gasteiger partial charge in [0.25, 0.3) is 0 Å². The predicted octanol–water partition coefficient (Wildman–Crippen LogP) is 2.12. The molecule has 0 aliphatic carbocycles. The van der Waals surface area contributed by atoms with Gasteiger partial charge < -0.3 is 0 Å². The fourth-order valence-corrected chi connectivity index (χ4v) is 1.21. The summed E-state index contributed by atoms with van der Waals surface area (Å²) in [5.74, 6) is 0.212. The lowest BCUT2D eigenvalue weighted by molar-refractivity contribution is -0.127. The SMILES string of the molecule is Cc1cc(C)n(CC(=O)C(C)(C)C)n1. The molecule has 0 N–H and O–H groups in total. The molecule has 1 rings (SSSR count). The molecular formula is C11H18N2O. The standard InChI is InChI=1S/C11H18N2O/c1-8-6-9(2)13(12-8)7-10(14)11(3,4)5/h6H,7H2,1-5H3. The van der Waals surface area contributed by atoms with Gasteiger partial charge in [-0.25, -0.2) is 0 Å². The molecule has 14 heavy (non-hydrogen) atoms. The largest absolute Gasteiger partial charge is 0.297 e. The van der Waals surface area contributed by atoms with E-state index in [1.165, 1.54) is 0 Å². The van der Waals surface area contributed by atoms with E-state index in [1.54, 1.807) is 4.68 Å². The van der Waals surface area contributed by atoms with Crippen LogP contribution in [0.5, 0.6) is 0 Å². The number of ketones is 1. The summed E-state index contributed by atoms with van der Waals surface area (Å²) in [6, 6.07) is 1.98. The Kier molecular flexibility index (Phi) is 2.79. The van der Waals surface area contributed by atoms with Crippen molar-refractivity contribution >= 4 is 5.78 Å². The van der Waals surface area contributed by atoms with Crippen molar-refractivity contribution in [2.45, 2.75) is 41.2 Å². The lowest BCUT2D eigenvalue weighted by atomic mass is 9.91. The average Bonchev–Trinajstić information content (AvgIpc) is 2.28. The van der Waals surface area contributed by atoms with E-state index in [0.717, 1.165) is 11.4 Å². The molecule has 0 unspecified atom stereocenters. The number of nitrogens with zero attached hydrogens (tertiary/aromatic N) is 2. The van der Waals surface area contributed by atoms with Crippen molar-refractivity contribution in [3.8, 4) is 0 Å². The Morgan fingerprint density at radius 1 is 1.43 bits per heavy atom. The van der Waals surface area contributed by atoms with Gasteiger partial charge in [-0.15, -0.1) is 0 Å². The van der Waals surface area contributed by atoms with Crippen molar-refractivity contribution in [3.05, 3.63) is 17.5 Å². The van der Waals surface area contributed by atoms with Gasteiger partial charge >= 0.3 is 0 Å². The highest BCUT2D eigenvalue weighted by atomic mass is 16.1. The summed E-state index contributed by atoms with van der Waals surface area (Å²) < 4.78 is 1.77. The predicted molar refractivity (Wildman–Crippen MR) is 56.2 cm³/mol. The minimum absolute atomic E-state index is 0.212. The van der Waals surface area contributed by atoms with Crippen LogP contribution in [0.15, 0.2) is 6.07 Å². The Morgan fingerprint density at radius 3 is 2.36 bits per heavy atom. The molecule has 0 saturated carbocycles. The van der Waals surface area contributed by atoms with E-state index in [-0.39, 0.29) is 11.2 Å². The Labute approximate surface area is 85.1 Å². The lowest BCUT2D eigenvalue weighted by Crippen LogP contribution is -2.25. The van der Waals surface area contributed by atoms with Crippen LogP contribution in [0.2, 0.25) is 0 Å². The van der Waals surface area contributed by atoms with Crippen molar-refractivity contribution in [1.29, 1.82) is 0 Å². The maximum atomic E-state index is 11.7. The second-order valence-electron chi connectivity index (χ2n) is 4.76. The number of carbonyl (C=O) groups is 1. The zero-order valence-corrected chi connectivity index (χ0v) is 9.59. The first kappa shape index (κ1) is 11.0. The molecule has 0 bridgehead atoms. The molecule has 1 aromatic heterocycles. The molecule has 0 saturated heterocycles. The summed E-state index contributed by atoms with van der Waals surface area (Å²) in [6.07, 6.45) is 0. The minimum atomic E-state index is -0.285. The van der Waals surface area contributed by atoms with Gasteiger partial charge in [0.05, 0.1) is 5.69 Å². The normalized spacial score (nSPS) is 11.8. The van der Waals surface area contributed by atoms with Gasteiger partial charge in [-0.2, -0.15) is 5.10 Å². The molecule has 0 aliphatic heterocycles. The van der Waals surface area contributed by atoms with Crippen molar-refractivity contribution in [1.82, 2.24) is 9.78 Å². The van der Waals surface area contributed by atoms with Gasteiger partial charge in [0.2, 0.25) is 0 Å². The Balaban J connectivity index is 2.80. The number of Topliss-reactive ketones (excluding diaryl/α,β-unsaturated/α-hetero) is 1. The maximum absolute atomic E-state index is 11.7. The van der Waals surface area contributed by atoms with Crippen LogP contribution in [-0.4, -0.2) is 15.6 Å². The third-order valence-electron chi connectivity index (χ3n) is 2.23. The molecular weight excluding hydrogens is 176 g/mol. The molecule has 0 aromatic carbocycles. The van der Waals surface area contributed by atoms with Crippen molar-refractivity contribution in [2.75, 3.05) is 0 Å². The summed E-state index contributed by atoms with van der Waals surface area (Å²) in [5, 5.41) is 4.26. The molecule has 1 heterocycles. The highest BCUT2D eigenvalue weighted by Crippen LogP contribution is 2.16. The van der Waals surface area contributed by atoms with Gasteiger partial charge in [0.1, 0.15) is 6.54 Å². The van der Waals surface area contributed by atoms with Crippen molar-refractivity contribution in [3.63, 3.8) is 0 Å². The lowest BCUT2D eigenvalue weighted by Gasteiger charge is -2.16. The first-order valence-electron chi connectivity index (χ1n) is 4.85. The van der Waals surface area contributed by atoms with E-state index in [0.29, 0.717) is 6.54 Å². The van der Waals surface area contributed by atoms with Crippen LogP contribution in [0.3, 0.4) is 0 Å². The third-order valence-corrected chi connectivity index (χ3v) is 2.23. The quantitative estimate of drug-likeness (QED) is 0.722. The molecule has 0 spiro atoms. The fraction of sp³-hybridized carbons (Fsp3) is 0.636. The number of rotatable bonds is 2. The highest BCUT2D eigenvalue weighted by Gasteiger charge is 2.21. The number of aryl methyl sites for hydroxylation is 2. The van der Waals surface area contributed by atoms with Crippen LogP contribution < -0.4 is 0 Å². The third kappa shape index (κ3) is 2.44. The van der Waals surface area contributed by atoms with Gasteiger partial charge in [-0.05, 0) is 19.9 Å². The van der Waals surface area contributed by atoms with E-state index in [9.17, 15) is 4.79 Å². The number of hydrogen-bond acceptors (Lipinski definition) is 2. The number of carbonyl (C=O) groups excluding carboxylic acids is 1. The van der Waals surface area contributed by atoms with E-state index >= 15 is 0 Å². The van der Waals surface area contributed by atoms with E-state index in [4.69, 9.17) is 0 Å². The topological polar surface area (TPSA) is 34.9 Å². The summed E-state index contributed by atoms with van der Waals surface area (Å²) in [5.41, 5.74) is 1.72. The maximum Gasteiger partial charge on any atom is 0.159 e. The summed E-state index contributed by atoms with van der Waals surface area (Å²) >= 11 is 0. The molecule has 0 atom stereocenters. The van der Waals surface area contributed by atoms with Crippen molar-refractivity contribution in [2.24, 2.45) is 5.41 Å². The monoisotopic (exact) mass is 194 g/mol. The van der Waals surface area contributed by atoms with E-state index in [1.807, 2.05) is 40.7 Å². The van der Waals surface area contributed by atoms with Gasteiger partial charge in [0.15, 0.2) is 5.78 Å². The average molecular weight is 194 g/mol. The highest BCUT2D eigenvalue weighted by molar-refractivity contribution is 5.83. The second-order valence-corrected chi connectivity index (χ2v) is 4.76. The van der Waals surface area contributed by atoms with Crippen LogP contribution >= 0.6 is 0 Å². The van der Waals surface area contributed by atoms with Crippen LogP contribution in [0, 0.1) is 19.3 Å². The summed E-state index contributed by atoms with van der Waals surface area (Å²) in [7, 11) is 0. The Morgan fingerprint density at radius 2 is 2.00 bits per heavy atom. The zero-order valence-electron chi connectivity index (χ0n) is 9.59. The van der Waals surface area contributed by atoms with Crippen molar-refractivity contribution < 1.29 is 4.79 Å². The number of hydrogen-bond donors (Lipinski definition) is 0. The first-order valence-corrected chi connectivity index (χ1v) is 4.85. The summed E-state index contributed by atoms with van der Waals surface area (Å²) in [6.45, 7) is 10.1. The fourth-order valence-electron chi connectivity index (χ4n) is 1.21. The number of aromatic nitrogens is 2. The molecule has 0 aliphatic rings. The Bertz CT molecular complexity index is 345. The molecule has 3 nitrogen and oxygen atoms in total. The molecule has 1 aromatic rings. The van der Waals surface area contributed by atoms with E-state index in [2.05, 4.69) is 5.10 Å². The van der Waals surface area contributed by atoms with E-state index < -0.39 is 0 Å². The van der Waals surface area contributed by atoms with Crippen LogP contribution in [0.1, 0.15) is 32.2 Å². The molecule has 0 radical (unpaired) electrons. The second kappa shape index (κ2) is 3.56. The van der Waals surface area contributed by atoms with Crippen LogP contribution in [-0.2, 0) is 11.3 Å². The van der Waals surface area contributed by atoms with Gasteiger partial charge in [0, 0.05) is 11.1 Å². The smallest absolute Gasteiger partial charge is 0.159 e. The Hall–Kier alpha value is -1.12. The molecule has 0 amide bonds. The first-order chi connectivity index (χ1) is 6.30. The van der Waals surface area contributed by atoms with Gasteiger partial charge in [-0.1, -0.05) is 20.8 Å². The van der Waals surface area contributed by atoms with Crippen LogP contribution in [0.4, 0.5) is 0 Å². The molecule has 78 valence electrons. The molecule has 3 heteroatoms. The minimum Gasteiger partial charge on any atom is -0.297 e. The van der Waals surface area contributed by atoms with Gasteiger partial charge in [-0.3, -0.25) is 9.48 Å². The zero-order chi connectivity index (χ0) is 10.9. The molecule has 0 fully saturated rings. The van der Waals surface area contributed by atoms with Crippen LogP contribution in [0.25, 0.3) is 0 Å². The summed E-state index contributed by atoms with van der Waals surface area (Å²) in [4.78, 5) is 11.7.